The lowest BCUT2D eigenvalue weighted by atomic mass is 9.63. The van der Waals surface area contributed by atoms with Crippen LogP contribution in [0.15, 0.2) is 180 Å². The zero-order chi connectivity index (χ0) is 31.7. The van der Waals surface area contributed by atoms with Crippen molar-refractivity contribution in [1.29, 1.82) is 0 Å². The highest BCUT2D eigenvalue weighted by Crippen LogP contribution is 2.61. The molecule has 0 atom stereocenters. The highest BCUT2D eigenvalue weighted by Gasteiger charge is 2.48. The average Bonchev–Trinajstić information content (AvgIpc) is 3.26. The van der Waals surface area contributed by atoms with E-state index in [1.165, 1.54) is 54.3 Å². The van der Waals surface area contributed by atoms with Crippen molar-refractivity contribution in [3.63, 3.8) is 0 Å². The molecule has 1 aromatic heterocycles. The molecule has 1 aliphatic carbocycles. The molecule has 2 aliphatic rings. The van der Waals surface area contributed by atoms with Crippen molar-refractivity contribution in [3.8, 4) is 44.9 Å². The van der Waals surface area contributed by atoms with Crippen molar-refractivity contribution < 1.29 is 0 Å². The summed E-state index contributed by atoms with van der Waals surface area (Å²) in [6.45, 7) is 0. The second-order valence-corrected chi connectivity index (χ2v) is 13.6. The van der Waals surface area contributed by atoms with E-state index in [4.69, 9.17) is 9.97 Å². The predicted octanol–water partition coefficient (Wildman–Crippen LogP) is 11.5. The van der Waals surface area contributed by atoms with Crippen LogP contribution in [0.4, 0.5) is 0 Å². The highest BCUT2D eigenvalue weighted by atomic mass is 32.2. The van der Waals surface area contributed by atoms with Crippen molar-refractivity contribution in [2.75, 3.05) is 0 Å². The first kappa shape index (κ1) is 27.4. The van der Waals surface area contributed by atoms with Gasteiger partial charge in [0.2, 0.25) is 0 Å². The third-order valence-electron chi connectivity index (χ3n) is 9.97. The van der Waals surface area contributed by atoms with Gasteiger partial charge in [0.25, 0.3) is 0 Å². The maximum Gasteiger partial charge on any atom is 0.160 e. The highest BCUT2D eigenvalue weighted by molar-refractivity contribution is 7.99. The standard InChI is InChI=1S/C45H28N2S/c1-2-14-29(15-3-1)44-46-40-23-11-7-19-35(40)43(47-44)30-26-27-34-32-17-5-4-16-31(32)33-18-6-8-20-36(33)45(39(34)28-30)37-21-9-12-24-41(37)48-42-25-13-10-22-38(42)45/h1-28H. The smallest absolute Gasteiger partial charge is 0.160 e. The van der Waals surface area contributed by atoms with Crippen LogP contribution in [0.5, 0.6) is 0 Å². The van der Waals surface area contributed by atoms with Crippen molar-refractivity contribution in [1.82, 2.24) is 9.97 Å². The van der Waals surface area contributed by atoms with Crippen LogP contribution < -0.4 is 0 Å². The summed E-state index contributed by atoms with van der Waals surface area (Å²) in [5, 5.41) is 1.04. The maximum absolute atomic E-state index is 5.31. The number of hydrogen-bond donors (Lipinski definition) is 0. The molecule has 48 heavy (non-hydrogen) atoms. The first-order valence-corrected chi connectivity index (χ1v) is 17.2. The van der Waals surface area contributed by atoms with E-state index in [9.17, 15) is 0 Å². The van der Waals surface area contributed by atoms with E-state index < -0.39 is 5.41 Å². The Balaban J connectivity index is 1.37. The summed E-state index contributed by atoms with van der Waals surface area (Å²) < 4.78 is 0. The Morgan fingerprint density at radius 1 is 0.396 bits per heavy atom. The minimum absolute atomic E-state index is 0.565. The maximum atomic E-state index is 5.31. The molecular weight excluding hydrogens is 601 g/mol. The SMILES string of the molecule is c1ccc(-c2nc(-c3ccc4c(c3)C3(c5ccccc5Sc5ccccc53)c3ccccc3-c3ccccc3-4)c3ccccc3n2)cc1. The summed E-state index contributed by atoms with van der Waals surface area (Å²) in [5.74, 6) is 0.731. The second-order valence-electron chi connectivity index (χ2n) is 12.5. The fraction of sp³-hybridized carbons (Fsp3) is 0.0222. The van der Waals surface area contributed by atoms with Crippen LogP contribution in [-0.2, 0) is 5.41 Å². The van der Waals surface area contributed by atoms with Gasteiger partial charge in [-0.3, -0.25) is 0 Å². The Bertz CT molecular complexity index is 2510. The molecule has 224 valence electrons. The molecule has 0 saturated carbocycles. The zero-order valence-electron chi connectivity index (χ0n) is 26.0. The fourth-order valence-electron chi connectivity index (χ4n) is 7.97. The van der Waals surface area contributed by atoms with Crippen LogP contribution in [0.3, 0.4) is 0 Å². The summed E-state index contributed by atoms with van der Waals surface area (Å²) in [6, 6.07) is 61.6. The van der Waals surface area contributed by atoms with Crippen LogP contribution in [-0.4, -0.2) is 9.97 Å². The lowest BCUT2D eigenvalue weighted by molar-refractivity contribution is 0.708. The van der Waals surface area contributed by atoms with Crippen LogP contribution in [0.25, 0.3) is 55.8 Å². The van der Waals surface area contributed by atoms with E-state index in [1.807, 2.05) is 30.0 Å². The number of fused-ring (bicyclic) bond motifs is 12. The van der Waals surface area contributed by atoms with Gasteiger partial charge in [0.05, 0.1) is 16.6 Å². The molecule has 2 nitrogen and oxygen atoms in total. The van der Waals surface area contributed by atoms with Crippen molar-refractivity contribution in [3.05, 3.63) is 192 Å². The summed E-state index contributed by atoms with van der Waals surface area (Å²) in [7, 11) is 0. The molecule has 0 radical (unpaired) electrons. The largest absolute Gasteiger partial charge is 0.228 e. The summed E-state index contributed by atoms with van der Waals surface area (Å²) in [5.41, 5.74) is 13.6. The van der Waals surface area contributed by atoms with Crippen LogP contribution >= 0.6 is 11.8 Å². The van der Waals surface area contributed by atoms with E-state index >= 15 is 0 Å². The number of benzene rings is 7. The molecule has 1 aliphatic heterocycles. The Kier molecular flexibility index (Phi) is 6.06. The van der Waals surface area contributed by atoms with Crippen LogP contribution in [0.1, 0.15) is 22.3 Å². The molecule has 1 spiro atoms. The normalized spacial score (nSPS) is 13.5. The van der Waals surface area contributed by atoms with Crippen molar-refractivity contribution in [2.45, 2.75) is 15.2 Å². The average molecular weight is 629 g/mol. The predicted molar refractivity (Wildman–Crippen MR) is 197 cm³/mol. The first-order chi connectivity index (χ1) is 23.8. The van der Waals surface area contributed by atoms with Crippen molar-refractivity contribution in [2.24, 2.45) is 0 Å². The van der Waals surface area contributed by atoms with Crippen molar-refractivity contribution >= 4 is 22.7 Å². The lowest BCUT2D eigenvalue weighted by Crippen LogP contribution is -2.34. The lowest BCUT2D eigenvalue weighted by Gasteiger charge is -2.43. The third kappa shape index (κ3) is 3.89. The Labute approximate surface area is 283 Å². The molecular formula is C45H28N2S. The summed E-state index contributed by atoms with van der Waals surface area (Å²) >= 11 is 1.87. The number of para-hydroxylation sites is 1. The molecule has 0 saturated heterocycles. The second kappa shape index (κ2) is 10.6. The monoisotopic (exact) mass is 628 g/mol. The molecule has 2 heterocycles. The number of aromatic nitrogens is 2. The van der Waals surface area contributed by atoms with E-state index in [-0.39, 0.29) is 0 Å². The molecule has 0 bridgehead atoms. The van der Waals surface area contributed by atoms with E-state index in [0.717, 1.165) is 33.5 Å². The van der Waals surface area contributed by atoms with Gasteiger partial charge in [-0.05, 0) is 68.8 Å². The van der Waals surface area contributed by atoms with E-state index in [1.54, 1.807) is 0 Å². The van der Waals surface area contributed by atoms with Gasteiger partial charge in [0.1, 0.15) is 0 Å². The topological polar surface area (TPSA) is 25.8 Å². The van der Waals surface area contributed by atoms with Gasteiger partial charge in [0, 0.05) is 26.3 Å². The number of nitrogens with zero attached hydrogens (tertiary/aromatic N) is 2. The van der Waals surface area contributed by atoms with Gasteiger partial charge < -0.3 is 0 Å². The fourth-order valence-corrected chi connectivity index (χ4v) is 9.16. The van der Waals surface area contributed by atoms with Gasteiger partial charge in [-0.1, -0.05) is 157 Å². The zero-order valence-corrected chi connectivity index (χ0v) is 26.8. The molecule has 0 unspecified atom stereocenters. The minimum Gasteiger partial charge on any atom is -0.228 e. The third-order valence-corrected chi connectivity index (χ3v) is 11.1. The minimum atomic E-state index is -0.565. The molecule has 0 N–H and O–H groups in total. The summed E-state index contributed by atoms with van der Waals surface area (Å²) in [4.78, 5) is 12.9. The van der Waals surface area contributed by atoms with Crippen LogP contribution in [0.2, 0.25) is 0 Å². The molecule has 3 heteroatoms. The molecule has 0 amide bonds. The quantitative estimate of drug-likeness (QED) is 0.190. The van der Waals surface area contributed by atoms with Gasteiger partial charge in [-0.2, -0.15) is 0 Å². The molecule has 7 aromatic carbocycles. The number of rotatable bonds is 2. The van der Waals surface area contributed by atoms with E-state index in [0.29, 0.717) is 0 Å². The Hall–Kier alpha value is -5.77. The van der Waals surface area contributed by atoms with E-state index in [2.05, 4.69) is 152 Å². The Morgan fingerprint density at radius 2 is 0.958 bits per heavy atom. The van der Waals surface area contributed by atoms with Crippen LogP contribution in [0, 0.1) is 0 Å². The van der Waals surface area contributed by atoms with Gasteiger partial charge in [-0.15, -0.1) is 0 Å². The first-order valence-electron chi connectivity index (χ1n) is 16.3. The van der Waals surface area contributed by atoms with Gasteiger partial charge >= 0.3 is 0 Å². The van der Waals surface area contributed by atoms with Gasteiger partial charge in [0.15, 0.2) is 5.82 Å². The molecule has 8 aromatic rings. The molecule has 10 rings (SSSR count). The summed E-state index contributed by atoms with van der Waals surface area (Å²) in [6.07, 6.45) is 0. The van der Waals surface area contributed by atoms with Gasteiger partial charge in [-0.25, -0.2) is 9.97 Å². The molecule has 0 fully saturated rings. The Morgan fingerprint density at radius 3 is 1.69 bits per heavy atom. The number of hydrogen-bond acceptors (Lipinski definition) is 3.